The Morgan fingerprint density at radius 3 is 2.71 bits per heavy atom. The van der Waals surface area contributed by atoms with Crippen molar-refractivity contribution >= 4 is 0 Å². The van der Waals surface area contributed by atoms with Gasteiger partial charge in [0.05, 0.1) is 6.10 Å². The zero-order valence-corrected chi connectivity index (χ0v) is 14.0. The Morgan fingerprint density at radius 1 is 1.19 bits per heavy atom. The normalized spacial score (nSPS) is 55.4. The summed E-state index contributed by atoms with van der Waals surface area (Å²) in [6.45, 7) is 9.72. The van der Waals surface area contributed by atoms with E-state index in [1.54, 1.807) is 5.57 Å². The average Bonchev–Trinajstić information content (AvgIpc) is 2.75. The van der Waals surface area contributed by atoms with Gasteiger partial charge in [0.2, 0.25) is 0 Å². The van der Waals surface area contributed by atoms with Crippen LogP contribution in [-0.2, 0) is 0 Å². The summed E-state index contributed by atoms with van der Waals surface area (Å²) >= 11 is 0. The lowest BCUT2D eigenvalue weighted by atomic mass is 9.42. The maximum absolute atomic E-state index is 10.9. The van der Waals surface area contributed by atoms with E-state index in [2.05, 4.69) is 39.8 Å². The molecule has 0 saturated heterocycles. The van der Waals surface area contributed by atoms with E-state index in [9.17, 15) is 5.11 Å². The molecule has 1 nitrogen and oxygen atoms in total. The highest BCUT2D eigenvalue weighted by atomic mass is 16.3. The predicted octanol–water partition coefficient (Wildman–Crippen LogP) is 4.72. The lowest BCUT2D eigenvalue weighted by Crippen LogP contribution is -2.59. The summed E-state index contributed by atoms with van der Waals surface area (Å²) < 4.78 is 0. The first-order valence-corrected chi connectivity index (χ1v) is 8.94. The monoisotopic (exact) mass is 286 g/mol. The zero-order valence-electron chi connectivity index (χ0n) is 14.0. The molecule has 2 saturated carbocycles. The lowest BCUT2D eigenvalue weighted by Gasteiger charge is -2.62. The molecule has 0 bridgehead atoms. The van der Waals surface area contributed by atoms with Crippen LogP contribution < -0.4 is 0 Å². The van der Waals surface area contributed by atoms with Crippen molar-refractivity contribution in [2.45, 2.75) is 65.9 Å². The summed E-state index contributed by atoms with van der Waals surface area (Å²) in [5, 5.41) is 10.9. The Morgan fingerprint density at radius 2 is 1.95 bits per heavy atom. The first-order chi connectivity index (χ1) is 9.89. The Bertz CT molecular complexity index is 530. The van der Waals surface area contributed by atoms with Gasteiger partial charge in [-0.25, -0.2) is 0 Å². The maximum atomic E-state index is 10.9. The van der Waals surface area contributed by atoms with Crippen LogP contribution in [0.1, 0.15) is 59.8 Å². The standard InChI is InChI=1S/C20H30O/c1-12-6-8-16-13(2)5-7-14-11-17(21)19(3)10-9-15(12)18(19)20(14,16)4/h6,9,13-14,16-18,21H,5,7-8,10-11H2,1-4H3/t13-,14+,16+,17-,18+,19+,20+/m1/s1. The molecule has 0 amide bonds. The summed E-state index contributed by atoms with van der Waals surface area (Å²) in [6, 6.07) is 0. The van der Waals surface area contributed by atoms with Gasteiger partial charge in [0.15, 0.2) is 0 Å². The van der Waals surface area contributed by atoms with Crippen LogP contribution >= 0.6 is 0 Å². The third-order valence-corrected chi connectivity index (χ3v) is 8.09. The second-order valence-electron chi connectivity index (χ2n) is 8.90. The van der Waals surface area contributed by atoms with Gasteiger partial charge in [0.1, 0.15) is 0 Å². The molecule has 4 aliphatic rings. The number of hydrogen-bond donors (Lipinski definition) is 1. The van der Waals surface area contributed by atoms with Gasteiger partial charge < -0.3 is 5.11 Å². The van der Waals surface area contributed by atoms with E-state index in [1.807, 2.05) is 0 Å². The molecule has 21 heavy (non-hydrogen) atoms. The molecule has 0 heterocycles. The minimum atomic E-state index is -0.116. The van der Waals surface area contributed by atoms with Gasteiger partial charge in [0, 0.05) is 5.41 Å². The molecular weight excluding hydrogens is 256 g/mol. The van der Waals surface area contributed by atoms with Gasteiger partial charge in [-0.05, 0) is 67.3 Å². The fraction of sp³-hybridized carbons (Fsp3) is 0.800. The second-order valence-corrected chi connectivity index (χ2v) is 8.90. The summed E-state index contributed by atoms with van der Waals surface area (Å²) in [4.78, 5) is 0. The molecule has 0 aliphatic heterocycles. The Kier molecular flexibility index (Phi) is 2.85. The zero-order chi connectivity index (χ0) is 15.0. The quantitative estimate of drug-likeness (QED) is 0.683. The lowest BCUT2D eigenvalue weighted by molar-refractivity contribution is -0.161. The minimum Gasteiger partial charge on any atom is -0.393 e. The largest absolute Gasteiger partial charge is 0.393 e. The molecule has 4 aliphatic carbocycles. The van der Waals surface area contributed by atoms with Gasteiger partial charge in [0.25, 0.3) is 0 Å². The first kappa shape index (κ1) is 14.1. The van der Waals surface area contributed by atoms with Crippen LogP contribution in [0.2, 0.25) is 0 Å². The average molecular weight is 286 g/mol. The second kappa shape index (κ2) is 4.25. The van der Waals surface area contributed by atoms with E-state index in [-0.39, 0.29) is 11.5 Å². The van der Waals surface area contributed by atoms with Crippen LogP contribution in [-0.4, -0.2) is 11.2 Å². The van der Waals surface area contributed by atoms with Crippen LogP contribution in [0, 0.1) is 34.5 Å². The summed E-state index contributed by atoms with van der Waals surface area (Å²) in [5.74, 6) is 2.92. The van der Waals surface area contributed by atoms with E-state index < -0.39 is 0 Å². The molecular formula is C20H30O. The van der Waals surface area contributed by atoms with E-state index >= 15 is 0 Å². The van der Waals surface area contributed by atoms with Crippen molar-refractivity contribution in [1.29, 1.82) is 0 Å². The molecule has 1 heteroatoms. The van der Waals surface area contributed by atoms with Crippen molar-refractivity contribution in [3.8, 4) is 0 Å². The van der Waals surface area contributed by atoms with Crippen molar-refractivity contribution in [2.24, 2.45) is 34.5 Å². The minimum absolute atomic E-state index is 0.0787. The van der Waals surface area contributed by atoms with Crippen molar-refractivity contribution < 1.29 is 5.11 Å². The molecule has 2 fully saturated rings. The van der Waals surface area contributed by atoms with Crippen molar-refractivity contribution in [3.05, 3.63) is 23.3 Å². The third kappa shape index (κ3) is 1.57. The third-order valence-electron chi connectivity index (χ3n) is 8.09. The maximum Gasteiger partial charge on any atom is 0.0605 e. The van der Waals surface area contributed by atoms with Gasteiger partial charge in [-0.2, -0.15) is 0 Å². The van der Waals surface area contributed by atoms with Gasteiger partial charge >= 0.3 is 0 Å². The van der Waals surface area contributed by atoms with Crippen molar-refractivity contribution in [2.75, 3.05) is 0 Å². The van der Waals surface area contributed by atoms with Crippen LogP contribution in [0.4, 0.5) is 0 Å². The highest BCUT2D eigenvalue weighted by molar-refractivity contribution is 5.42. The molecule has 0 aromatic heterocycles. The molecule has 0 aromatic carbocycles. The fourth-order valence-electron chi connectivity index (χ4n) is 6.84. The number of aliphatic hydroxyl groups excluding tert-OH is 1. The molecule has 0 radical (unpaired) electrons. The molecule has 1 N–H and O–H groups in total. The fourth-order valence-corrected chi connectivity index (χ4v) is 6.84. The molecule has 116 valence electrons. The van der Waals surface area contributed by atoms with Crippen molar-refractivity contribution in [1.82, 2.24) is 0 Å². The van der Waals surface area contributed by atoms with E-state index in [1.165, 1.54) is 24.8 Å². The SMILES string of the molecule is CC1=CC[C@H]2[C@H](C)CC[C@H]3C[C@@H](O)[C@]4(C)CC=C1[C@@H]4[C@@]32C. The number of rotatable bonds is 0. The van der Waals surface area contributed by atoms with Crippen molar-refractivity contribution in [3.63, 3.8) is 0 Å². The topological polar surface area (TPSA) is 20.2 Å². The van der Waals surface area contributed by atoms with Crippen LogP contribution in [0.15, 0.2) is 23.3 Å². The Labute approximate surface area is 129 Å². The number of aliphatic hydroxyl groups is 1. The van der Waals surface area contributed by atoms with E-state index in [0.29, 0.717) is 17.3 Å². The Hall–Kier alpha value is -0.560. The smallest absolute Gasteiger partial charge is 0.0605 e. The summed E-state index contributed by atoms with van der Waals surface area (Å²) in [7, 11) is 0. The van der Waals surface area contributed by atoms with Gasteiger partial charge in [-0.15, -0.1) is 0 Å². The highest BCUT2D eigenvalue weighted by Crippen LogP contribution is 2.69. The molecule has 0 unspecified atom stereocenters. The predicted molar refractivity (Wildman–Crippen MR) is 86.8 cm³/mol. The van der Waals surface area contributed by atoms with Gasteiger partial charge in [-0.1, -0.05) is 44.9 Å². The van der Waals surface area contributed by atoms with E-state index in [4.69, 9.17) is 0 Å². The first-order valence-electron chi connectivity index (χ1n) is 8.94. The molecule has 7 atom stereocenters. The van der Waals surface area contributed by atoms with Gasteiger partial charge in [-0.3, -0.25) is 0 Å². The molecule has 0 aromatic rings. The number of hydrogen-bond acceptors (Lipinski definition) is 1. The van der Waals surface area contributed by atoms with Crippen LogP contribution in [0.25, 0.3) is 0 Å². The summed E-state index contributed by atoms with van der Waals surface area (Å²) in [6.07, 6.45) is 10.9. The molecule has 4 rings (SSSR count). The summed E-state index contributed by atoms with van der Waals surface area (Å²) in [5.41, 5.74) is 3.55. The van der Waals surface area contributed by atoms with E-state index in [0.717, 1.165) is 24.7 Å². The molecule has 0 spiro atoms. The number of allylic oxidation sites excluding steroid dienone is 4. The Balaban J connectivity index is 1.92. The highest BCUT2D eigenvalue weighted by Gasteiger charge is 2.64. The van der Waals surface area contributed by atoms with Crippen LogP contribution in [0.5, 0.6) is 0 Å². The van der Waals surface area contributed by atoms with Crippen LogP contribution in [0.3, 0.4) is 0 Å².